The maximum Gasteiger partial charge on any atom is 0.351 e. The molecule has 0 atom stereocenters. The summed E-state index contributed by atoms with van der Waals surface area (Å²) in [4.78, 5) is 25.3. The van der Waals surface area contributed by atoms with Crippen LogP contribution in [0.25, 0.3) is 10.2 Å². The molecule has 0 spiro atoms. The molecular formula is C9H6N2O5S. The molecule has 2 aromatic heterocycles. The van der Waals surface area contributed by atoms with Gasteiger partial charge in [0.15, 0.2) is 10.6 Å². The summed E-state index contributed by atoms with van der Waals surface area (Å²) >= 11 is 0.919. The second kappa shape index (κ2) is 3.98. The number of pyridine rings is 1. The van der Waals surface area contributed by atoms with E-state index in [9.17, 15) is 20.0 Å². The van der Waals surface area contributed by atoms with Gasteiger partial charge in [0.2, 0.25) is 0 Å². The molecule has 0 unspecified atom stereocenters. The van der Waals surface area contributed by atoms with Gasteiger partial charge in [-0.15, -0.1) is 11.3 Å². The first kappa shape index (κ1) is 11.3. The van der Waals surface area contributed by atoms with Crippen LogP contribution in [0.5, 0.6) is 5.75 Å². The normalized spacial score (nSPS) is 10.4. The zero-order valence-electron chi connectivity index (χ0n) is 8.54. The van der Waals surface area contributed by atoms with Gasteiger partial charge in [0.05, 0.1) is 17.4 Å². The van der Waals surface area contributed by atoms with Crippen molar-refractivity contribution in [1.82, 2.24) is 4.98 Å². The fourth-order valence-electron chi connectivity index (χ4n) is 1.29. The molecule has 1 N–H and O–H groups in total. The minimum Gasteiger partial charge on any atom is -0.505 e. The molecule has 0 saturated carbocycles. The number of hydrogen-bond donors (Lipinski definition) is 1. The minimum absolute atomic E-state index is 0.0181. The van der Waals surface area contributed by atoms with Gasteiger partial charge < -0.3 is 9.84 Å². The number of methoxy groups -OCH3 is 1. The van der Waals surface area contributed by atoms with Gasteiger partial charge in [-0.2, -0.15) is 0 Å². The fourth-order valence-corrected chi connectivity index (χ4v) is 2.23. The maximum atomic E-state index is 11.3. The topological polar surface area (TPSA) is 103 Å². The Labute approximate surface area is 98.4 Å². The predicted octanol–water partition coefficient (Wildman–Crippen LogP) is 1.70. The van der Waals surface area contributed by atoms with Gasteiger partial charge in [-0.05, 0) is 0 Å². The lowest BCUT2D eigenvalue weighted by molar-refractivity contribution is -0.385. The van der Waals surface area contributed by atoms with E-state index >= 15 is 0 Å². The monoisotopic (exact) mass is 254 g/mol. The van der Waals surface area contributed by atoms with Crippen LogP contribution in [0.15, 0.2) is 12.3 Å². The van der Waals surface area contributed by atoms with Crippen molar-refractivity contribution in [3.63, 3.8) is 0 Å². The van der Waals surface area contributed by atoms with E-state index < -0.39 is 10.9 Å². The summed E-state index contributed by atoms with van der Waals surface area (Å²) in [5.74, 6) is -1.04. The van der Waals surface area contributed by atoms with Gasteiger partial charge in [-0.25, -0.2) is 9.78 Å². The second-order valence-electron chi connectivity index (χ2n) is 3.07. The number of hydrogen-bond acceptors (Lipinski definition) is 7. The van der Waals surface area contributed by atoms with Gasteiger partial charge in [0.1, 0.15) is 11.0 Å². The summed E-state index contributed by atoms with van der Waals surface area (Å²) in [7, 11) is 1.18. The molecule has 7 nitrogen and oxygen atoms in total. The van der Waals surface area contributed by atoms with Crippen LogP contribution >= 0.6 is 11.3 Å². The zero-order chi connectivity index (χ0) is 12.6. The number of carbonyl (C=O) groups excluding carboxylic acids is 1. The zero-order valence-corrected chi connectivity index (χ0v) is 9.35. The molecule has 0 amide bonds. The molecule has 0 aliphatic heterocycles. The minimum atomic E-state index is -0.701. The first-order valence-electron chi connectivity index (χ1n) is 4.38. The highest BCUT2D eigenvalue weighted by atomic mass is 32.1. The number of nitrogens with zero attached hydrogens (tertiary/aromatic N) is 2. The third kappa shape index (κ3) is 1.78. The van der Waals surface area contributed by atoms with Crippen LogP contribution in [0.1, 0.15) is 9.67 Å². The van der Waals surface area contributed by atoms with E-state index in [4.69, 9.17) is 0 Å². The third-order valence-corrected chi connectivity index (χ3v) is 3.17. The molecule has 8 heteroatoms. The Bertz CT molecular complexity index is 621. The third-order valence-electron chi connectivity index (χ3n) is 2.09. The number of aromatic nitrogens is 1. The lowest BCUT2D eigenvalue weighted by Gasteiger charge is -1.94. The molecule has 2 aromatic rings. The number of thiophene rings is 1. The van der Waals surface area contributed by atoms with E-state index in [1.807, 2.05) is 0 Å². The number of fused-ring (bicyclic) bond motifs is 1. The van der Waals surface area contributed by atoms with Crippen molar-refractivity contribution in [2.24, 2.45) is 0 Å². The average Bonchev–Trinajstić information content (AvgIpc) is 2.65. The number of nitro groups is 1. The molecule has 2 rings (SSSR count). The molecule has 0 saturated heterocycles. The van der Waals surface area contributed by atoms with E-state index in [0.717, 1.165) is 17.5 Å². The Balaban J connectivity index is 2.66. The van der Waals surface area contributed by atoms with Crippen LogP contribution in [0.2, 0.25) is 0 Å². The predicted molar refractivity (Wildman–Crippen MR) is 59.3 cm³/mol. The molecular weight excluding hydrogens is 248 g/mol. The van der Waals surface area contributed by atoms with Gasteiger partial charge in [0.25, 0.3) is 5.69 Å². The van der Waals surface area contributed by atoms with Gasteiger partial charge in [-0.1, -0.05) is 0 Å². The molecule has 0 aliphatic carbocycles. The fraction of sp³-hybridized carbons (Fsp3) is 0.111. The van der Waals surface area contributed by atoms with Crippen molar-refractivity contribution in [1.29, 1.82) is 0 Å². The summed E-state index contributed by atoms with van der Waals surface area (Å²) in [5, 5.41) is 20.5. The Hall–Kier alpha value is -2.22. The second-order valence-corrected chi connectivity index (χ2v) is 4.07. The van der Waals surface area contributed by atoms with Gasteiger partial charge >= 0.3 is 5.97 Å². The van der Waals surface area contributed by atoms with Crippen LogP contribution in [0.3, 0.4) is 0 Å². The molecule has 2 heterocycles. The number of rotatable bonds is 2. The molecule has 0 aliphatic rings. The lowest BCUT2D eigenvalue weighted by atomic mass is 10.3. The Morgan fingerprint density at radius 3 is 2.94 bits per heavy atom. The van der Waals surface area contributed by atoms with E-state index in [1.54, 1.807) is 0 Å². The number of esters is 1. The standard InChI is InChI=1S/C9H6N2O5S/c1-16-9(13)7-6(12)5-2-4(11(14)15)3-10-8(5)17-7/h2-3,12H,1H3. The first-order valence-corrected chi connectivity index (χ1v) is 5.20. The summed E-state index contributed by atoms with van der Waals surface area (Å²) in [5.41, 5.74) is -0.248. The summed E-state index contributed by atoms with van der Waals surface area (Å²) in [6.45, 7) is 0. The molecule has 0 fully saturated rings. The van der Waals surface area contributed by atoms with E-state index in [2.05, 4.69) is 9.72 Å². The Morgan fingerprint density at radius 2 is 2.35 bits per heavy atom. The molecule has 0 radical (unpaired) electrons. The van der Waals surface area contributed by atoms with Crippen molar-refractivity contribution in [3.8, 4) is 5.75 Å². The summed E-state index contributed by atoms with van der Waals surface area (Å²) < 4.78 is 4.47. The van der Waals surface area contributed by atoms with Crippen molar-refractivity contribution >= 4 is 33.2 Å². The van der Waals surface area contributed by atoms with Crippen molar-refractivity contribution in [2.45, 2.75) is 0 Å². The maximum absolute atomic E-state index is 11.3. The molecule has 88 valence electrons. The van der Waals surface area contributed by atoms with Gasteiger partial charge in [0, 0.05) is 6.07 Å². The Morgan fingerprint density at radius 1 is 1.65 bits per heavy atom. The summed E-state index contributed by atoms with van der Waals surface area (Å²) in [6, 6.07) is 1.17. The SMILES string of the molecule is COC(=O)c1sc2ncc([N+](=O)[O-])cc2c1O. The van der Waals surface area contributed by atoms with E-state index in [1.165, 1.54) is 13.2 Å². The van der Waals surface area contributed by atoms with Crippen LogP contribution in [0.4, 0.5) is 5.69 Å². The number of carbonyl (C=O) groups is 1. The number of aromatic hydroxyl groups is 1. The highest BCUT2D eigenvalue weighted by molar-refractivity contribution is 7.20. The molecule has 17 heavy (non-hydrogen) atoms. The summed E-state index contributed by atoms with van der Waals surface area (Å²) in [6.07, 6.45) is 1.07. The van der Waals surface area contributed by atoms with Crippen molar-refractivity contribution < 1.29 is 19.6 Å². The molecule has 0 aromatic carbocycles. The van der Waals surface area contributed by atoms with Crippen LogP contribution in [-0.2, 0) is 4.74 Å². The average molecular weight is 254 g/mol. The van der Waals surface area contributed by atoms with Gasteiger partial charge in [-0.3, -0.25) is 10.1 Å². The first-order chi connectivity index (χ1) is 8.04. The number of ether oxygens (including phenoxy) is 1. The van der Waals surface area contributed by atoms with E-state index in [-0.39, 0.29) is 21.7 Å². The highest BCUT2D eigenvalue weighted by Crippen LogP contribution is 2.37. The Kier molecular flexibility index (Phi) is 2.64. The quantitative estimate of drug-likeness (QED) is 0.497. The van der Waals surface area contributed by atoms with E-state index in [0.29, 0.717) is 4.83 Å². The smallest absolute Gasteiger partial charge is 0.351 e. The van der Waals surface area contributed by atoms with Crippen molar-refractivity contribution in [3.05, 3.63) is 27.3 Å². The largest absolute Gasteiger partial charge is 0.505 e. The van der Waals surface area contributed by atoms with Crippen LogP contribution < -0.4 is 0 Å². The molecule has 0 bridgehead atoms. The van der Waals surface area contributed by atoms with Crippen molar-refractivity contribution in [2.75, 3.05) is 7.11 Å². The van der Waals surface area contributed by atoms with Crippen LogP contribution in [0, 0.1) is 10.1 Å². The lowest BCUT2D eigenvalue weighted by Crippen LogP contribution is -1.97. The van der Waals surface area contributed by atoms with Crippen LogP contribution in [-0.4, -0.2) is 28.1 Å². The highest BCUT2D eigenvalue weighted by Gasteiger charge is 2.21.